The molecule has 2 rings (SSSR count). The number of carbonyl (C=O) groups is 1. The van der Waals surface area contributed by atoms with Crippen LogP contribution in [0.2, 0.25) is 0 Å². The van der Waals surface area contributed by atoms with Crippen molar-refractivity contribution in [3.8, 4) is 0 Å². The molecule has 0 unspecified atom stereocenters. The molecule has 0 spiro atoms. The molecule has 100 valence electrons. The molecule has 0 atom stereocenters. The fourth-order valence-electron chi connectivity index (χ4n) is 1.68. The third kappa shape index (κ3) is 3.36. The first-order valence-corrected chi connectivity index (χ1v) is 7.44. The number of hydrogen-bond acceptors (Lipinski definition) is 4. The van der Waals surface area contributed by atoms with Crippen molar-refractivity contribution in [1.82, 2.24) is 0 Å². The van der Waals surface area contributed by atoms with Crippen molar-refractivity contribution < 1.29 is 9.53 Å². The first-order chi connectivity index (χ1) is 9.11. The van der Waals surface area contributed by atoms with Gasteiger partial charge in [-0.05, 0) is 52.0 Å². The Morgan fingerprint density at radius 2 is 2.21 bits per heavy atom. The lowest BCUT2D eigenvalue weighted by Crippen LogP contribution is -2.05. The minimum atomic E-state index is -0.319. The molecule has 2 aromatic rings. The molecule has 1 aromatic heterocycles. The molecule has 1 heterocycles. The highest BCUT2D eigenvalue weighted by atomic mass is 79.9. The van der Waals surface area contributed by atoms with Crippen LogP contribution in [0.5, 0.6) is 0 Å². The maximum atomic E-state index is 11.5. The number of carbonyl (C=O) groups excluding carboxylic acids is 1. The molecule has 0 bridgehead atoms. The molecule has 0 fully saturated rings. The predicted octanol–water partition coefficient (Wildman–Crippen LogP) is 4.22. The van der Waals surface area contributed by atoms with Gasteiger partial charge in [0.1, 0.15) is 0 Å². The predicted molar refractivity (Wildman–Crippen MR) is 81.9 cm³/mol. The van der Waals surface area contributed by atoms with Gasteiger partial charge in [0.15, 0.2) is 0 Å². The highest BCUT2D eigenvalue weighted by Crippen LogP contribution is 2.25. The van der Waals surface area contributed by atoms with E-state index in [-0.39, 0.29) is 5.97 Å². The van der Waals surface area contributed by atoms with E-state index >= 15 is 0 Å². The van der Waals surface area contributed by atoms with Crippen LogP contribution in [0.25, 0.3) is 0 Å². The number of anilines is 1. The normalized spacial score (nSPS) is 10.3. The van der Waals surface area contributed by atoms with Crippen molar-refractivity contribution in [3.63, 3.8) is 0 Å². The second-order valence-corrected chi connectivity index (χ2v) is 5.92. The fraction of sp³-hybridized carbons (Fsp3) is 0.214. The van der Waals surface area contributed by atoms with Crippen LogP contribution in [0, 0.1) is 6.92 Å². The second-order valence-electron chi connectivity index (χ2n) is 4.07. The fourth-order valence-corrected chi connectivity index (χ4v) is 3.12. The summed E-state index contributed by atoms with van der Waals surface area (Å²) in [5, 5.41) is 5.39. The monoisotopic (exact) mass is 339 g/mol. The smallest absolute Gasteiger partial charge is 0.337 e. The average molecular weight is 340 g/mol. The Morgan fingerprint density at radius 3 is 2.84 bits per heavy atom. The number of hydrogen-bond donors (Lipinski definition) is 1. The Balaban J connectivity index is 2.15. The largest absolute Gasteiger partial charge is 0.465 e. The van der Waals surface area contributed by atoms with E-state index in [0.717, 1.165) is 22.3 Å². The zero-order valence-electron chi connectivity index (χ0n) is 10.7. The van der Waals surface area contributed by atoms with E-state index in [9.17, 15) is 4.79 Å². The lowest BCUT2D eigenvalue weighted by Gasteiger charge is -2.10. The van der Waals surface area contributed by atoms with Gasteiger partial charge in [-0.2, -0.15) is 0 Å². The van der Waals surface area contributed by atoms with Crippen molar-refractivity contribution in [2.45, 2.75) is 13.5 Å². The van der Waals surface area contributed by atoms with Crippen LogP contribution in [0.3, 0.4) is 0 Å². The number of esters is 1. The minimum Gasteiger partial charge on any atom is -0.465 e. The summed E-state index contributed by atoms with van der Waals surface area (Å²) in [6, 6.07) is 7.54. The summed E-state index contributed by atoms with van der Waals surface area (Å²) in [5.41, 5.74) is 2.60. The summed E-state index contributed by atoms with van der Waals surface area (Å²) in [4.78, 5) is 12.7. The lowest BCUT2D eigenvalue weighted by molar-refractivity contribution is 0.0601. The van der Waals surface area contributed by atoms with Crippen LogP contribution < -0.4 is 5.32 Å². The summed E-state index contributed by atoms with van der Waals surface area (Å²) < 4.78 is 5.83. The molecule has 0 aliphatic carbocycles. The van der Waals surface area contributed by atoms with Gasteiger partial charge in [0.25, 0.3) is 0 Å². The molecular formula is C14H14BrNO2S. The van der Waals surface area contributed by atoms with E-state index in [0.29, 0.717) is 5.56 Å². The maximum Gasteiger partial charge on any atom is 0.337 e. The summed E-state index contributed by atoms with van der Waals surface area (Å²) >= 11 is 5.19. The lowest BCUT2D eigenvalue weighted by atomic mass is 10.1. The topological polar surface area (TPSA) is 38.3 Å². The highest BCUT2D eigenvalue weighted by Gasteiger charge is 2.08. The number of halogens is 1. The first-order valence-electron chi connectivity index (χ1n) is 5.76. The summed E-state index contributed by atoms with van der Waals surface area (Å²) in [5.74, 6) is -0.319. The van der Waals surface area contributed by atoms with Crippen LogP contribution in [-0.4, -0.2) is 13.1 Å². The average Bonchev–Trinajstić information content (AvgIpc) is 2.82. The number of benzene rings is 1. The van der Waals surface area contributed by atoms with Gasteiger partial charge in [0.2, 0.25) is 0 Å². The molecule has 1 aromatic carbocycles. The molecular weight excluding hydrogens is 326 g/mol. The van der Waals surface area contributed by atoms with Crippen molar-refractivity contribution in [1.29, 1.82) is 0 Å². The van der Waals surface area contributed by atoms with Gasteiger partial charge >= 0.3 is 5.97 Å². The van der Waals surface area contributed by atoms with Crippen LogP contribution in [0.4, 0.5) is 5.69 Å². The van der Waals surface area contributed by atoms with E-state index in [1.54, 1.807) is 17.4 Å². The zero-order valence-corrected chi connectivity index (χ0v) is 13.1. The third-order valence-corrected chi connectivity index (χ3v) is 4.72. The zero-order chi connectivity index (χ0) is 13.8. The SMILES string of the molecule is COC(=O)c1ccc(C)c(NCc2sccc2Br)c1. The summed E-state index contributed by atoms with van der Waals surface area (Å²) in [6.45, 7) is 2.73. The number of methoxy groups -OCH3 is 1. The molecule has 0 aliphatic heterocycles. The van der Waals surface area contributed by atoms with E-state index in [2.05, 4.69) is 21.2 Å². The Labute approximate surface area is 124 Å². The molecule has 0 saturated heterocycles. The molecule has 19 heavy (non-hydrogen) atoms. The Bertz CT molecular complexity index is 595. The Morgan fingerprint density at radius 1 is 1.42 bits per heavy atom. The van der Waals surface area contributed by atoms with Crippen molar-refractivity contribution >= 4 is 38.9 Å². The molecule has 0 radical (unpaired) electrons. The quantitative estimate of drug-likeness (QED) is 0.847. The maximum absolute atomic E-state index is 11.5. The van der Waals surface area contributed by atoms with Crippen LogP contribution in [0.1, 0.15) is 20.8 Å². The molecule has 3 nitrogen and oxygen atoms in total. The van der Waals surface area contributed by atoms with Gasteiger partial charge in [-0.1, -0.05) is 6.07 Å². The summed E-state index contributed by atoms with van der Waals surface area (Å²) in [7, 11) is 1.39. The molecule has 0 amide bonds. The van der Waals surface area contributed by atoms with E-state index in [1.807, 2.05) is 30.5 Å². The van der Waals surface area contributed by atoms with Crippen molar-refractivity contribution in [2.24, 2.45) is 0 Å². The van der Waals surface area contributed by atoms with Crippen LogP contribution in [0.15, 0.2) is 34.1 Å². The Hall–Kier alpha value is -1.33. The van der Waals surface area contributed by atoms with Crippen LogP contribution in [-0.2, 0) is 11.3 Å². The van der Waals surface area contributed by atoms with Crippen molar-refractivity contribution in [3.05, 3.63) is 50.1 Å². The molecule has 5 heteroatoms. The second kappa shape index (κ2) is 6.21. The number of rotatable bonds is 4. The van der Waals surface area contributed by atoms with Gasteiger partial charge < -0.3 is 10.1 Å². The van der Waals surface area contributed by atoms with Gasteiger partial charge in [-0.3, -0.25) is 0 Å². The highest BCUT2D eigenvalue weighted by molar-refractivity contribution is 9.10. The first kappa shape index (κ1) is 14.1. The summed E-state index contributed by atoms with van der Waals surface area (Å²) in [6.07, 6.45) is 0. The molecule has 1 N–H and O–H groups in total. The van der Waals surface area contributed by atoms with Gasteiger partial charge in [0, 0.05) is 15.0 Å². The standard InChI is InChI=1S/C14H14BrNO2S/c1-9-3-4-10(14(17)18-2)7-12(9)16-8-13-11(15)5-6-19-13/h3-7,16H,8H2,1-2H3. The Kier molecular flexibility index (Phi) is 4.61. The number of aryl methyl sites for hydroxylation is 1. The number of thiophene rings is 1. The van der Waals surface area contributed by atoms with Gasteiger partial charge in [-0.25, -0.2) is 4.79 Å². The van der Waals surface area contributed by atoms with E-state index < -0.39 is 0 Å². The minimum absolute atomic E-state index is 0.319. The number of nitrogens with one attached hydrogen (secondary N) is 1. The van der Waals surface area contributed by atoms with Gasteiger partial charge in [-0.15, -0.1) is 11.3 Å². The third-order valence-electron chi connectivity index (χ3n) is 2.79. The van der Waals surface area contributed by atoms with Crippen molar-refractivity contribution in [2.75, 3.05) is 12.4 Å². The van der Waals surface area contributed by atoms with Crippen LogP contribution >= 0.6 is 27.3 Å². The van der Waals surface area contributed by atoms with E-state index in [1.165, 1.54) is 12.0 Å². The van der Waals surface area contributed by atoms with E-state index in [4.69, 9.17) is 4.74 Å². The van der Waals surface area contributed by atoms with Gasteiger partial charge in [0.05, 0.1) is 19.2 Å². The molecule has 0 saturated carbocycles. The molecule has 0 aliphatic rings. The number of ether oxygens (including phenoxy) is 1.